The molecule has 1 aromatic carbocycles. The molecule has 0 aliphatic carbocycles. The number of amides is 1. The van der Waals surface area contributed by atoms with Crippen molar-refractivity contribution >= 4 is 27.5 Å². The lowest BCUT2D eigenvalue weighted by Gasteiger charge is -2.12. The van der Waals surface area contributed by atoms with Crippen molar-refractivity contribution in [2.45, 2.75) is 13.5 Å². The zero-order chi connectivity index (χ0) is 13.5. The van der Waals surface area contributed by atoms with Crippen molar-refractivity contribution in [1.29, 1.82) is 0 Å². The second-order valence-electron chi connectivity index (χ2n) is 3.20. The third-order valence-corrected chi connectivity index (χ3v) is 2.36. The molecule has 4 nitrogen and oxygen atoms in total. The first kappa shape index (κ1) is 14.8. The molecule has 0 bridgehead atoms. The van der Waals surface area contributed by atoms with Gasteiger partial charge in [-0.25, -0.2) is 0 Å². The number of carbonyl (C=O) groups excluding carboxylic acids is 1. The lowest BCUT2D eigenvalue weighted by Crippen LogP contribution is -2.19. The molecular weight excluding hydrogens is 312 g/mol. The van der Waals surface area contributed by atoms with Crippen LogP contribution in [0.5, 0.6) is 5.75 Å². The lowest BCUT2D eigenvalue weighted by molar-refractivity contribution is -0.120. The van der Waals surface area contributed by atoms with Crippen LogP contribution in [0.2, 0.25) is 0 Å². The predicted octanol–water partition coefficient (Wildman–Crippen LogP) is 3.03. The summed E-state index contributed by atoms with van der Waals surface area (Å²) in [5, 5.41) is 2.43. The van der Waals surface area contributed by atoms with Crippen molar-refractivity contribution in [2.75, 3.05) is 18.5 Å². The zero-order valence-electron chi connectivity index (χ0n) is 9.58. The van der Waals surface area contributed by atoms with Gasteiger partial charge in [0.1, 0.15) is 6.61 Å². The van der Waals surface area contributed by atoms with Crippen molar-refractivity contribution in [2.24, 2.45) is 0 Å². The van der Waals surface area contributed by atoms with Gasteiger partial charge >= 0.3 is 6.61 Å². The Bertz CT molecular complexity index is 415. The van der Waals surface area contributed by atoms with E-state index in [1.807, 2.05) is 0 Å². The molecule has 0 aliphatic rings. The van der Waals surface area contributed by atoms with E-state index in [0.29, 0.717) is 11.1 Å². The van der Waals surface area contributed by atoms with Gasteiger partial charge < -0.3 is 14.8 Å². The summed E-state index contributed by atoms with van der Waals surface area (Å²) in [6.07, 6.45) is 0. The van der Waals surface area contributed by atoms with Gasteiger partial charge in [-0.1, -0.05) is 15.9 Å². The molecule has 0 aliphatic heterocycles. The van der Waals surface area contributed by atoms with Crippen LogP contribution in [-0.2, 0) is 9.53 Å². The van der Waals surface area contributed by atoms with E-state index in [9.17, 15) is 13.6 Å². The molecule has 0 fully saturated rings. The molecule has 1 aromatic rings. The van der Waals surface area contributed by atoms with Crippen LogP contribution in [0.1, 0.15) is 6.92 Å². The molecule has 0 heterocycles. The van der Waals surface area contributed by atoms with Crippen molar-refractivity contribution in [3.05, 3.63) is 22.7 Å². The fourth-order valence-corrected chi connectivity index (χ4v) is 1.51. The minimum atomic E-state index is -2.96. The van der Waals surface area contributed by atoms with Crippen LogP contribution in [0, 0.1) is 0 Å². The van der Waals surface area contributed by atoms with Crippen molar-refractivity contribution in [3.8, 4) is 5.75 Å². The highest BCUT2D eigenvalue weighted by atomic mass is 79.9. The van der Waals surface area contributed by atoms with E-state index in [4.69, 9.17) is 4.74 Å². The molecule has 0 saturated heterocycles. The first-order chi connectivity index (χ1) is 8.52. The predicted molar refractivity (Wildman–Crippen MR) is 65.9 cm³/mol. The summed E-state index contributed by atoms with van der Waals surface area (Å²) in [5.41, 5.74) is 0.170. The summed E-state index contributed by atoms with van der Waals surface area (Å²) in [5.74, 6) is -0.539. The summed E-state index contributed by atoms with van der Waals surface area (Å²) in [4.78, 5) is 11.4. The maximum atomic E-state index is 12.2. The fraction of sp³-hybridized carbons (Fsp3) is 0.364. The number of nitrogens with one attached hydrogen (secondary N) is 1. The molecule has 1 rings (SSSR count). The van der Waals surface area contributed by atoms with Crippen LogP contribution in [-0.4, -0.2) is 25.7 Å². The molecule has 100 valence electrons. The number of rotatable bonds is 6. The average molecular weight is 324 g/mol. The summed E-state index contributed by atoms with van der Waals surface area (Å²) >= 11 is 3.13. The number of ether oxygens (including phenoxy) is 2. The highest BCUT2D eigenvalue weighted by molar-refractivity contribution is 9.10. The number of anilines is 1. The van der Waals surface area contributed by atoms with E-state index in [1.54, 1.807) is 13.0 Å². The van der Waals surface area contributed by atoms with E-state index in [1.165, 1.54) is 12.1 Å². The number of carbonyl (C=O) groups is 1. The van der Waals surface area contributed by atoms with Crippen LogP contribution in [0.3, 0.4) is 0 Å². The van der Waals surface area contributed by atoms with Crippen molar-refractivity contribution < 1.29 is 23.0 Å². The summed E-state index contributed by atoms with van der Waals surface area (Å²) in [6.45, 7) is -0.950. The van der Waals surface area contributed by atoms with Crippen LogP contribution < -0.4 is 10.1 Å². The van der Waals surface area contributed by atoms with E-state index >= 15 is 0 Å². The smallest absolute Gasteiger partial charge is 0.387 e. The lowest BCUT2D eigenvalue weighted by atomic mass is 10.3. The first-order valence-corrected chi connectivity index (χ1v) is 5.94. The minimum absolute atomic E-state index is 0.107. The summed E-state index contributed by atoms with van der Waals surface area (Å²) in [7, 11) is 0. The average Bonchev–Trinajstić information content (AvgIpc) is 2.29. The van der Waals surface area contributed by atoms with Gasteiger partial charge in [0.2, 0.25) is 5.91 Å². The molecule has 0 radical (unpaired) electrons. The van der Waals surface area contributed by atoms with Gasteiger partial charge in [-0.2, -0.15) is 8.78 Å². The Kier molecular flexibility index (Phi) is 6.00. The van der Waals surface area contributed by atoms with Crippen LogP contribution in [0.15, 0.2) is 22.7 Å². The van der Waals surface area contributed by atoms with E-state index in [-0.39, 0.29) is 18.0 Å². The van der Waals surface area contributed by atoms with Crippen molar-refractivity contribution in [1.82, 2.24) is 0 Å². The molecule has 0 unspecified atom stereocenters. The second-order valence-corrected chi connectivity index (χ2v) is 4.12. The van der Waals surface area contributed by atoms with E-state index in [2.05, 4.69) is 26.0 Å². The van der Waals surface area contributed by atoms with Crippen LogP contribution >= 0.6 is 15.9 Å². The first-order valence-electron chi connectivity index (χ1n) is 5.15. The molecule has 0 atom stereocenters. The topological polar surface area (TPSA) is 47.6 Å². The maximum Gasteiger partial charge on any atom is 0.387 e. The Labute approximate surface area is 111 Å². The maximum absolute atomic E-state index is 12.2. The summed E-state index contributed by atoms with van der Waals surface area (Å²) in [6, 6.07) is 4.42. The van der Waals surface area contributed by atoms with Gasteiger partial charge in [-0.05, 0) is 25.1 Å². The summed E-state index contributed by atoms with van der Waals surface area (Å²) < 4.78 is 34.2. The molecule has 18 heavy (non-hydrogen) atoms. The molecule has 1 N–H and O–H groups in total. The van der Waals surface area contributed by atoms with Gasteiger partial charge in [0.25, 0.3) is 0 Å². The van der Waals surface area contributed by atoms with Gasteiger partial charge in [0, 0.05) is 11.1 Å². The third-order valence-electron chi connectivity index (χ3n) is 1.87. The highest BCUT2D eigenvalue weighted by Crippen LogP contribution is 2.29. The monoisotopic (exact) mass is 323 g/mol. The quantitative estimate of drug-likeness (QED) is 0.875. The Balaban J connectivity index is 2.77. The molecule has 7 heteroatoms. The number of hydrogen-bond donors (Lipinski definition) is 1. The zero-order valence-corrected chi connectivity index (χ0v) is 11.2. The number of halogens is 3. The Morgan fingerprint density at radius 3 is 2.83 bits per heavy atom. The Morgan fingerprint density at radius 2 is 2.22 bits per heavy atom. The molecule has 1 amide bonds. The SMILES string of the molecule is CCOCC(=O)Nc1ccc(Br)cc1OC(F)F. The molecule has 0 saturated carbocycles. The second kappa shape index (κ2) is 7.27. The highest BCUT2D eigenvalue weighted by Gasteiger charge is 2.12. The minimum Gasteiger partial charge on any atom is -0.433 e. The van der Waals surface area contributed by atoms with Gasteiger partial charge in [-0.3, -0.25) is 4.79 Å². The number of benzene rings is 1. The van der Waals surface area contributed by atoms with E-state index < -0.39 is 12.5 Å². The third kappa shape index (κ3) is 4.97. The van der Waals surface area contributed by atoms with Crippen LogP contribution in [0.4, 0.5) is 14.5 Å². The van der Waals surface area contributed by atoms with Gasteiger partial charge in [0.05, 0.1) is 5.69 Å². The molecule has 0 aromatic heterocycles. The standard InChI is InChI=1S/C11H12BrF2NO3/c1-2-17-6-10(16)15-8-4-3-7(12)5-9(8)18-11(13)14/h3-5,11H,2,6H2,1H3,(H,15,16). The number of alkyl halides is 2. The molecular formula is C11H12BrF2NO3. The van der Waals surface area contributed by atoms with Crippen molar-refractivity contribution in [3.63, 3.8) is 0 Å². The normalized spacial score (nSPS) is 10.5. The van der Waals surface area contributed by atoms with Gasteiger partial charge in [-0.15, -0.1) is 0 Å². The number of hydrogen-bond acceptors (Lipinski definition) is 3. The Morgan fingerprint density at radius 1 is 1.50 bits per heavy atom. The Hall–Kier alpha value is -1.21. The van der Waals surface area contributed by atoms with Crippen LogP contribution in [0.25, 0.3) is 0 Å². The largest absolute Gasteiger partial charge is 0.433 e. The molecule has 0 spiro atoms. The fourth-order valence-electron chi connectivity index (χ4n) is 1.17. The van der Waals surface area contributed by atoms with E-state index in [0.717, 1.165) is 0 Å². The van der Waals surface area contributed by atoms with Gasteiger partial charge in [0.15, 0.2) is 5.75 Å².